The average Bonchev–Trinajstić information content (AvgIpc) is 2.70. The standard InChI is InChI=1S/C13H17BrN2O/c1-3-16-12(11(14)8-15-16)13(17)10-6-4-9(2)5-7-10/h6,8-9H,3-5,7H2,1-2H3. The summed E-state index contributed by atoms with van der Waals surface area (Å²) in [6.07, 6.45) is 6.80. The van der Waals surface area contributed by atoms with E-state index >= 15 is 0 Å². The maximum atomic E-state index is 12.4. The first-order valence-electron chi connectivity index (χ1n) is 6.08. The van der Waals surface area contributed by atoms with Crippen LogP contribution in [0.5, 0.6) is 0 Å². The lowest BCUT2D eigenvalue weighted by atomic mass is 9.88. The number of carbonyl (C=O) groups excluding carboxylic acids is 1. The van der Waals surface area contributed by atoms with E-state index in [2.05, 4.69) is 34.0 Å². The molecular formula is C13H17BrN2O. The van der Waals surface area contributed by atoms with Gasteiger partial charge in [-0.1, -0.05) is 13.0 Å². The fourth-order valence-corrected chi connectivity index (χ4v) is 2.63. The second-order valence-electron chi connectivity index (χ2n) is 4.59. The van der Waals surface area contributed by atoms with E-state index in [4.69, 9.17) is 0 Å². The Bertz CT molecular complexity index is 462. The summed E-state index contributed by atoms with van der Waals surface area (Å²) >= 11 is 3.41. The Hall–Kier alpha value is -0.900. The number of hydrogen-bond donors (Lipinski definition) is 0. The number of hydrogen-bond acceptors (Lipinski definition) is 2. The molecule has 0 saturated carbocycles. The highest BCUT2D eigenvalue weighted by atomic mass is 79.9. The van der Waals surface area contributed by atoms with Crippen LogP contribution in [0.25, 0.3) is 0 Å². The zero-order valence-corrected chi connectivity index (χ0v) is 11.8. The van der Waals surface area contributed by atoms with Gasteiger partial charge in [0.15, 0.2) is 0 Å². The van der Waals surface area contributed by atoms with Crippen molar-refractivity contribution in [3.05, 3.63) is 28.0 Å². The van der Waals surface area contributed by atoms with Gasteiger partial charge in [-0.25, -0.2) is 0 Å². The molecule has 17 heavy (non-hydrogen) atoms. The van der Waals surface area contributed by atoms with E-state index in [9.17, 15) is 4.79 Å². The van der Waals surface area contributed by atoms with Crippen LogP contribution in [0, 0.1) is 5.92 Å². The number of allylic oxidation sites excluding steroid dienone is 2. The van der Waals surface area contributed by atoms with Crippen LogP contribution < -0.4 is 0 Å². The molecule has 1 aromatic heterocycles. The summed E-state index contributed by atoms with van der Waals surface area (Å²) in [5.74, 6) is 0.828. The summed E-state index contributed by atoms with van der Waals surface area (Å²) in [7, 11) is 0. The predicted octanol–water partition coefficient (Wildman–Crippen LogP) is 3.59. The molecule has 0 spiro atoms. The molecule has 0 bridgehead atoms. The number of halogens is 1. The molecule has 4 heteroatoms. The maximum Gasteiger partial charge on any atom is 0.207 e. The van der Waals surface area contributed by atoms with E-state index in [1.165, 1.54) is 0 Å². The maximum absolute atomic E-state index is 12.4. The number of rotatable bonds is 3. The van der Waals surface area contributed by atoms with Gasteiger partial charge < -0.3 is 0 Å². The van der Waals surface area contributed by atoms with Crippen molar-refractivity contribution in [1.82, 2.24) is 9.78 Å². The molecule has 1 aliphatic rings. The second kappa shape index (κ2) is 5.17. The molecule has 92 valence electrons. The molecule has 1 atom stereocenters. The molecular weight excluding hydrogens is 280 g/mol. The highest BCUT2D eigenvalue weighted by molar-refractivity contribution is 9.10. The van der Waals surface area contributed by atoms with Gasteiger partial charge >= 0.3 is 0 Å². The minimum Gasteiger partial charge on any atom is -0.287 e. The van der Waals surface area contributed by atoms with Gasteiger partial charge in [0, 0.05) is 6.54 Å². The van der Waals surface area contributed by atoms with Gasteiger partial charge in [0.2, 0.25) is 5.78 Å². The van der Waals surface area contributed by atoms with Crippen molar-refractivity contribution in [1.29, 1.82) is 0 Å². The largest absolute Gasteiger partial charge is 0.287 e. The molecule has 0 radical (unpaired) electrons. The number of aromatic nitrogens is 2. The van der Waals surface area contributed by atoms with Gasteiger partial charge in [-0.05, 0) is 53.6 Å². The molecule has 1 heterocycles. The SMILES string of the molecule is CCn1ncc(Br)c1C(=O)C1=CCC(C)CC1. The van der Waals surface area contributed by atoms with Gasteiger partial charge in [0.25, 0.3) is 0 Å². The van der Waals surface area contributed by atoms with E-state index in [1.54, 1.807) is 10.9 Å². The molecule has 1 unspecified atom stereocenters. The van der Waals surface area contributed by atoms with Crippen molar-refractivity contribution in [3.63, 3.8) is 0 Å². The second-order valence-corrected chi connectivity index (χ2v) is 5.45. The molecule has 1 aliphatic carbocycles. The lowest BCUT2D eigenvalue weighted by Crippen LogP contribution is -2.15. The average molecular weight is 297 g/mol. The van der Waals surface area contributed by atoms with E-state index < -0.39 is 0 Å². The Labute approximate surface area is 110 Å². The van der Waals surface area contributed by atoms with Gasteiger partial charge in [-0.2, -0.15) is 5.10 Å². The summed E-state index contributed by atoms with van der Waals surface area (Å²) in [6, 6.07) is 0. The van der Waals surface area contributed by atoms with Crippen LogP contribution in [0.3, 0.4) is 0 Å². The first-order chi connectivity index (χ1) is 8.13. The Morgan fingerprint density at radius 2 is 2.41 bits per heavy atom. The van der Waals surface area contributed by atoms with Crippen LogP contribution in [0.15, 0.2) is 22.3 Å². The molecule has 0 saturated heterocycles. The molecule has 0 fully saturated rings. The van der Waals surface area contributed by atoms with Crippen molar-refractivity contribution in [2.24, 2.45) is 5.92 Å². The number of ketones is 1. The van der Waals surface area contributed by atoms with Crippen molar-refractivity contribution in [3.8, 4) is 0 Å². The van der Waals surface area contributed by atoms with Crippen LogP contribution in [0.2, 0.25) is 0 Å². The van der Waals surface area contributed by atoms with E-state index in [1.807, 2.05) is 6.92 Å². The third-order valence-electron chi connectivity index (χ3n) is 3.27. The fourth-order valence-electron chi connectivity index (χ4n) is 2.15. The molecule has 0 aliphatic heterocycles. The van der Waals surface area contributed by atoms with Crippen molar-refractivity contribution >= 4 is 21.7 Å². The Kier molecular flexibility index (Phi) is 3.82. The molecule has 0 aromatic carbocycles. The van der Waals surface area contributed by atoms with E-state index in [0.717, 1.165) is 35.9 Å². The highest BCUT2D eigenvalue weighted by Gasteiger charge is 2.22. The fraction of sp³-hybridized carbons (Fsp3) is 0.538. The van der Waals surface area contributed by atoms with E-state index in [-0.39, 0.29) is 5.78 Å². The zero-order valence-electron chi connectivity index (χ0n) is 10.2. The summed E-state index contributed by atoms with van der Waals surface area (Å²) in [4.78, 5) is 12.4. The molecule has 2 rings (SSSR count). The van der Waals surface area contributed by atoms with Crippen LogP contribution in [0.1, 0.15) is 43.6 Å². The number of Topliss-reactive ketones (excluding diaryl/α,β-unsaturated/α-hetero) is 1. The number of aryl methyl sites for hydroxylation is 1. The third kappa shape index (κ3) is 2.51. The van der Waals surface area contributed by atoms with Gasteiger partial charge in [0.05, 0.1) is 10.7 Å². The monoisotopic (exact) mass is 296 g/mol. The van der Waals surface area contributed by atoms with Gasteiger partial charge in [-0.15, -0.1) is 0 Å². The van der Waals surface area contributed by atoms with Crippen LogP contribution in [0.4, 0.5) is 0 Å². The lowest BCUT2D eigenvalue weighted by Gasteiger charge is -2.17. The summed E-state index contributed by atoms with van der Waals surface area (Å²) < 4.78 is 2.55. The number of carbonyl (C=O) groups is 1. The summed E-state index contributed by atoms with van der Waals surface area (Å²) in [5, 5.41) is 4.19. The first-order valence-corrected chi connectivity index (χ1v) is 6.87. The summed E-state index contributed by atoms with van der Waals surface area (Å²) in [5.41, 5.74) is 1.63. The lowest BCUT2D eigenvalue weighted by molar-refractivity contribution is 0.101. The van der Waals surface area contributed by atoms with Crippen molar-refractivity contribution in [2.45, 2.75) is 39.7 Å². The summed E-state index contributed by atoms with van der Waals surface area (Å²) in [6.45, 7) is 4.94. The quantitative estimate of drug-likeness (QED) is 0.799. The van der Waals surface area contributed by atoms with Crippen molar-refractivity contribution in [2.75, 3.05) is 0 Å². The van der Waals surface area contributed by atoms with Crippen LogP contribution >= 0.6 is 15.9 Å². The predicted molar refractivity (Wildman–Crippen MR) is 71.0 cm³/mol. The van der Waals surface area contributed by atoms with Gasteiger partial charge in [0.1, 0.15) is 5.69 Å². The van der Waals surface area contributed by atoms with Crippen LogP contribution in [-0.4, -0.2) is 15.6 Å². The van der Waals surface area contributed by atoms with Crippen LogP contribution in [-0.2, 0) is 6.54 Å². The molecule has 1 aromatic rings. The Morgan fingerprint density at radius 3 is 3.00 bits per heavy atom. The topological polar surface area (TPSA) is 34.9 Å². The van der Waals surface area contributed by atoms with E-state index in [0.29, 0.717) is 11.6 Å². The molecule has 0 amide bonds. The minimum absolute atomic E-state index is 0.128. The Balaban J connectivity index is 2.28. The Morgan fingerprint density at radius 1 is 1.65 bits per heavy atom. The smallest absolute Gasteiger partial charge is 0.207 e. The third-order valence-corrected chi connectivity index (χ3v) is 3.85. The minimum atomic E-state index is 0.128. The van der Waals surface area contributed by atoms with Crippen molar-refractivity contribution < 1.29 is 4.79 Å². The zero-order chi connectivity index (χ0) is 12.4. The highest BCUT2D eigenvalue weighted by Crippen LogP contribution is 2.27. The molecule has 0 N–H and O–H groups in total. The number of nitrogens with zero attached hydrogens (tertiary/aromatic N) is 2. The first kappa shape index (κ1) is 12.6. The molecule has 3 nitrogen and oxygen atoms in total. The van der Waals surface area contributed by atoms with Gasteiger partial charge in [-0.3, -0.25) is 9.48 Å². The normalized spacial score (nSPS) is 20.2.